The maximum absolute atomic E-state index is 11.8. The van der Waals surface area contributed by atoms with Gasteiger partial charge in [0.05, 0.1) is 12.7 Å². The number of amides is 1. The van der Waals surface area contributed by atoms with Gasteiger partial charge in [-0.15, -0.1) is 0 Å². The summed E-state index contributed by atoms with van der Waals surface area (Å²) in [7, 11) is 0. The van der Waals surface area contributed by atoms with Crippen molar-refractivity contribution in [2.75, 3.05) is 0 Å². The van der Waals surface area contributed by atoms with Crippen molar-refractivity contribution in [1.29, 1.82) is 0 Å². The number of hydrogen-bond acceptors (Lipinski definition) is 4. The van der Waals surface area contributed by atoms with Gasteiger partial charge in [0, 0.05) is 0 Å². The highest BCUT2D eigenvalue weighted by Crippen LogP contribution is 2.22. The van der Waals surface area contributed by atoms with Crippen molar-refractivity contribution < 1.29 is 23.8 Å². The molecule has 0 fully saturated rings. The first-order valence-electron chi connectivity index (χ1n) is 6.79. The number of carboxylic acids is 1. The Bertz CT molecular complexity index is 635. The standard InChI is InChI=1S/C16H17NO5/c1-11-7-8-21-15(11)13(9-14(18)19)17-16(20)22-10-12-5-3-2-4-6-12/h2-8,13H,9-10H2,1H3,(H,17,20)(H,18,19)/t13-/m0/s1. The molecule has 0 radical (unpaired) electrons. The number of carbonyl (C=O) groups is 2. The second-order valence-electron chi connectivity index (χ2n) is 4.82. The highest BCUT2D eigenvalue weighted by molar-refractivity contribution is 5.71. The first-order chi connectivity index (χ1) is 10.6. The Kier molecular flexibility index (Phi) is 5.19. The fraction of sp³-hybridized carbons (Fsp3) is 0.250. The first kappa shape index (κ1) is 15.6. The number of furan rings is 1. The monoisotopic (exact) mass is 303 g/mol. The molecule has 0 saturated heterocycles. The Balaban J connectivity index is 1.96. The molecule has 1 aromatic heterocycles. The van der Waals surface area contributed by atoms with Gasteiger partial charge in [-0.05, 0) is 24.1 Å². The molecule has 6 nitrogen and oxygen atoms in total. The Morgan fingerprint density at radius 1 is 1.27 bits per heavy atom. The summed E-state index contributed by atoms with van der Waals surface area (Å²) in [5.41, 5.74) is 1.62. The van der Waals surface area contributed by atoms with Gasteiger partial charge in [0.15, 0.2) is 0 Å². The number of carboxylic acid groups (broad SMARTS) is 1. The highest BCUT2D eigenvalue weighted by Gasteiger charge is 2.23. The van der Waals surface area contributed by atoms with Gasteiger partial charge < -0.3 is 19.6 Å². The lowest BCUT2D eigenvalue weighted by Gasteiger charge is -2.15. The van der Waals surface area contributed by atoms with Crippen LogP contribution in [0.3, 0.4) is 0 Å². The van der Waals surface area contributed by atoms with Gasteiger partial charge >= 0.3 is 12.1 Å². The maximum atomic E-state index is 11.8. The van der Waals surface area contributed by atoms with E-state index in [2.05, 4.69) is 5.32 Å². The van der Waals surface area contributed by atoms with E-state index in [-0.39, 0.29) is 13.0 Å². The largest absolute Gasteiger partial charge is 0.481 e. The second-order valence-corrected chi connectivity index (χ2v) is 4.82. The molecule has 0 saturated carbocycles. The summed E-state index contributed by atoms with van der Waals surface area (Å²) in [6, 6.07) is 10.2. The zero-order valence-corrected chi connectivity index (χ0v) is 12.1. The molecule has 0 aliphatic heterocycles. The van der Waals surface area contributed by atoms with Crippen molar-refractivity contribution in [1.82, 2.24) is 5.32 Å². The first-order valence-corrected chi connectivity index (χ1v) is 6.79. The minimum Gasteiger partial charge on any atom is -0.481 e. The van der Waals surface area contributed by atoms with Gasteiger partial charge in [-0.2, -0.15) is 0 Å². The van der Waals surface area contributed by atoms with Crippen molar-refractivity contribution in [3.8, 4) is 0 Å². The third-order valence-electron chi connectivity index (χ3n) is 3.10. The summed E-state index contributed by atoms with van der Waals surface area (Å²) in [5, 5.41) is 11.5. The van der Waals surface area contributed by atoms with Crippen LogP contribution in [0.1, 0.15) is 29.3 Å². The molecule has 1 heterocycles. The summed E-state index contributed by atoms with van der Waals surface area (Å²) >= 11 is 0. The van der Waals surface area contributed by atoms with E-state index in [1.54, 1.807) is 13.0 Å². The molecule has 0 bridgehead atoms. The summed E-state index contributed by atoms with van der Waals surface area (Å²) in [6.07, 6.45) is 0.483. The number of aliphatic carboxylic acids is 1. The maximum Gasteiger partial charge on any atom is 0.408 e. The van der Waals surface area contributed by atoms with Crippen molar-refractivity contribution in [2.24, 2.45) is 0 Å². The molecule has 2 N–H and O–H groups in total. The SMILES string of the molecule is Cc1ccoc1[C@H](CC(=O)O)NC(=O)OCc1ccccc1. The second kappa shape index (κ2) is 7.31. The number of alkyl carbamates (subject to hydrolysis) is 1. The van der Waals surface area contributed by atoms with E-state index >= 15 is 0 Å². The number of nitrogens with one attached hydrogen (secondary N) is 1. The van der Waals surface area contributed by atoms with Crippen LogP contribution in [-0.4, -0.2) is 17.2 Å². The lowest BCUT2D eigenvalue weighted by molar-refractivity contribution is -0.137. The molecule has 0 spiro atoms. The van der Waals surface area contributed by atoms with E-state index in [1.807, 2.05) is 30.3 Å². The lowest BCUT2D eigenvalue weighted by Crippen LogP contribution is -2.30. The molecule has 0 aliphatic rings. The zero-order chi connectivity index (χ0) is 15.9. The average molecular weight is 303 g/mol. The quantitative estimate of drug-likeness (QED) is 0.856. The third kappa shape index (κ3) is 4.37. The Morgan fingerprint density at radius 3 is 2.59 bits per heavy atom. The van der Waals surface area contributed by atoms with Crippen molar-refractivity contribution in [3.63, 3.8) is 0 Å². The summed E-state index contributed by atoms with van der Waals surface area (Å²) in [6.45, 7) is 1.90. The van der Waals surface area contributed by atoms with E-state index in [9.17, 15) is 9.59 Å². The fourth-order valence-corrected chi connectivity index (χ4v) is 2.03. The van der Waals surface area contributed by atoms with E-state index < -0.39 is 18.1 Å². The molecule has 0 unspecified atom stereocenters. The summed E-state index contributed by atoms with van der Waals surface area (Å²) < 4.78 is 10.4. The van der Waals surface area contributed by atoms with Crippen molar-refractivity contribution in [3.05, 3.63) is 59.5 Å². The van der Waals surface area contributed by atoms with E-state index in [4.69, 9.17) is 14.3 Å². The number of carbonyl (C=O) groups excluding carboxylic acids is 1. The zero-order valence-electron chi connectivity index (χ0n) is 12.1. The van der Waals surface area contributed by atoms with Crippen LogP contribution in [0, 0.1) is 6.92 Å². The normalized spacial score (nSPS) is 11.7. The average Bonchev–Trinajstić information content (AvgIpc) is 2.91. The van der Waals surface area contributed by atoms with Crippen LogP contribution in [0.4, 0.5) is 4.79 Å². The van der Waals surface area contributed by atoms with Crippen LogP contribution in [0.15, 0.2) is 47.1 Å². The van der Waals surface area contributed by atoms with Crippen LogP contribution < -0.4 is 5.32 Å². The van der Waals surface area contributed by atoms with Crippen LogP contribution >= 0.6 is 0 Å². The van der Waals surface area contributed by atoms with E-state index in [1.165, 1.54) is 6.26 Å². The summed E-state index contributed by atoms with van der Waals surface area (Å²) in [5.74, 6) is -0.622. The van der Waals surface area contributed by atoms with Crippen LogP contribution in [-0.2, 0) is 16.1 Å². The van der Waals surface area contributed by atoms with Gasteiger partial charge in [0.25, 0.3) is 0 Å². The van der Waals surface area contributed by atoms with E-state index in [0.717, 1.165) is 11.1 Å². The molecule has 1 atom stereocenters. The topological polar surface area (TPSA) is 88.8 Å². The fourth-order valence-electron chi connectivity index (χ4n) is 2.03. The molecule has 22 heavy (non-hydrogen) atoms. The molecular formula is C16H17NO5. The van der Waals surface area contributed by atoms with Gasteiger partial charge in [-0.25, -0.2) is 4.79 Å². The Morgan fingerprint density at radius 2 is 2.00 bits per heavy atom. The predicted octanol–water partition coefficient (Wildman–Crippen LogP) is 3.03. The van der Waals surface area contributed by atoms with Gasteiger partial charge in [0.1, 0.15) is 18.4 Å². The number of ether oxygens (including phenoxy) is 1. The number of rotatable bonds is 6. The van der Waals surface area contributed by atoms with Gasteiger partial charge in [0.2, 0.25) is 0 Å². The van der Waals surface area contributed by atoms with E-state index in [0.29, 0.717) is 5.76 Å². The van der Waals surface area contributed by atoms with Gasteiger partial charge in [-0.1, -0.05) is 30.3 Å². The van der Waals surface area contributed by atoms with Crippen LogP contribution in [0.5, 0.6) is 0 Å². The molecule has 116 valence electrons. The molecule has 6 heteroatoms. The molecule has 1 amide bonds. The van der Waals surface area contributed by atoms with Crippen molar-refractivity contribution in [2.45, 2.75) is 26.0 Å². The molecule has 1 aromatic carbocycles. The molecule has 0 aliphatic carbocycles. The van der Waals surface area contributed by atoms with Crippen molar-refractivity contribution >= 4 is 12.1 Å². The molecule has 2 rings (SSSR count). The Labute approximate surface area is 127 Å². The predicted molar refractivity (Wildman–Crippen MR) is 78.2 cm³/mol. The van der Waals surface area contributed by atoms with Crippen LogP contribution in [0.25, 0.3) is 0 Å². The molecule has 2 aromatic rings. The molecular weight excluding hydrogens is 286 g/mol. The third-order valence-corrected chi connectivity index (χ3v) is 3.10. The highest BCUT2D eigenvalue weighted by atomic mass is 16.5. The Hall–Kier alpha value is -2.76. The lowest BCUT2D eigenvalue weighted by atomic mass is 10.1. The minimum atomic E-state index is -1.04. The summed E-state index contributed by atoms with van der Waals surface area (Å²) in [4.78, 5) is 22.8. The minimum absolute atomic E-state index is 0.115. The smallest absolute Gasteiger partial charge is 0.408 e. The number of hydrogen-bond donors (Lipinski definition) is 2. The number of aryl methyl sites for hydroxylation is 1. The van der Waals surface area contributed by atoms with Gasteiger partial charge in [-0.3, -0.25) is 4.79 Å². The number of benzene rings is 1. The van der Waals surface area contributed by atoms with Crippen LogP contribution in [0.2, 0.25) is 0 Å².